The van der Waals surface area contributed by atoms with Gasteiger partial charge in [-0.05, 0) is 48.2 Å². The number of ether oxygens (including phenoxy) is 1. The second-order valence-electron chi connectivity index (χ2n) is 3.85. The van der Waals surface area contributed by atoms with E-state index < -0.39 is 0 Å². The third-order valence-electron chi connectivity index (χ3n) is 2.61. The molecule has 0 bridgehead atoms. The Morgan fingerprint density at radius 3 is 2.53 bits per heavy atom. The van der Waals surface area contributed by atoms with E-state index in [1.165, 1.54) is 4.90 Å². The predicted octanol–water partition coefficient (Wildman–Crippen LogP) is 4.97. The zero-order valence-electron chi connectivity index (χ0n) is 10.4. The summed E-state index contributed by atoms with van der Waals surface area (Å²) in [4.78, 5) is 1.18. The topological polar surface area (TPSA) is 33.0 Å². The van der Waals surface area contributed by atoms with Gasteiger partial charge in [-0.25, -0.2) is 0 Å². The van der Waals surface area contributed by atoms with Gasteiger partial charge in [-0.2, -0.15) is 5.26 Å². The van der Waals surface area contributed by atoms with Crippen LogP contribution in [0.1, 0.15) is 11.1 Å². The number of halogens is 1. The number of alkyl halides is 1. The molecule has 0 unspecified atom stereocenters. The zero-order chi connectivity index (χ0) is 13.7. The van der Waals surface area contributed by atoms with Gasteiger partial charge in [0.2, 0.25) is 0 Å². The summed E-state index contributed by atoms with van der Waals surface area (Å²) in [6, 6.07) is 15.6. The van der Waals surface area contributed by atoms with Crippen LogP contribution in [0.3, 0.4) is 0 Å². The number of nitrogens with zero attached hydrogens (tertiary/aromatic N) is 1. The summed E-state index contributed by atoms with van der Waals surface area (Å²) in [5.74, 6) is 1.32. The summed E-state index contributed by atoms with van der Waals surface area (Å²) >= 11 is 5.06. The molecule has 96 valence electrons. The van der Waals surface area contributed by atoms with Crippen molar-refractivity contribution in [3.8, 4) is 17.6 Å². The standard InChI is InChI=1S/C15H12BrNOS/c1-19-14-5-3-13(4-6-14)18-15-7-2-11(9-16)8-12(15)10-17/h2-8H,9H2,1H3. The van der Waals surface area contributed by atoms with Crippen molar-refractivity contribution in [1.29, 1.82) is 5.26 Å². The van der Waals surface area contributed by atoms with Crippen molar-refractivity contribution in [2.75, 3.05) is 6.26 Å². The summed E-state index contributed by atoms with van der Waals surface area (Å²) < 4.78 is 5.75. The molecule has 0 spiro atoms. The van der Waals surface area contributed by atoms with Crippen molar-refractivity contribution in [3.63, 3.8) is 0 Å². The number of hydrogen-bond donors (Lipinski definition) is 0. The molecule has 19 heavy (non-hydrogen) atoms. The van der Waals surface area contributed by atoms with Crippen LogP contribution in [0.5, 0.6) is 11.5 Å². The van der Waals surface area contributed by atoms with Gasteiger partial charge < -0.3 is 4.74 Å². The first-order chi connectivity index (χ1) is 9.26. The van der Waals surface area contributed by atoms with Gasteiger partial charge in [0.15, 0.2) is 0 Å². The summed E-state index contributed by atoms with van der Waals surface area (Å²) in [5.41, 5.74) is 1.60. The Labute approximate surface area is 125 Å². The van der Waals surface area contributed by atoms with Crippen molar-refractivity contribution >= 4 is 27.7 Å². The Hall–Kier alpha value is -1.44. The summed E-state index contributed by atoms with van der Waals surface area (Å²) in [5, 5.41) is 9.88. The second-order valence-corrected chi connectivity index (χ2v) is 5.29. The molecule has 0 aliphatic heterocycles. The van der Waals surface area contributed by atoms with Crippen LogP contribution < -0.4 is 4.74 Å². The van der Waals surface area contributed by atoms with Gasteiger partial charge in [-0.15, -0.1) is 11.8 Å². The molecule has 2 rings (SSSR count). The Morgan fingerprint density at radius 2 is 1.95 bits per heavy atom. The number of rotatable bonds is 4. The van der Waals surface area contributed by atoms with Gasteiger partial charge >= 0.3 is 0 Å². The van der Waals surface area contributed by atoms with Crippen LogP contribution >= 0.6 is 27.7 Å². The zero-order valence-corrected chi connectivity index (χ0v) is 12.8. The lowest BCUT2D eigenvalue weighted by atomic mass is 10.1. The highest BCUT2D eigenvalue weighted by Crippen LogP contribution is 2.28. The van der Waals surface area contributed by atoms with Crippen molar-refractivity contribution in [2.45, 2.75) is 10.2 Å². The Kier molecular flexibility index (Phi) is 4.89. The van der Waals surface area contributed by atoms with Crippen molar-refractivity contribution < 1.29 is 4.74 Å². The molecule has 0 N–H and O–H groups in total. The van der Waals surface area contributed by atoms with Crippen molar-refractivity contribution in [1.82, 2.24) is 0 Å². The van der Waals surface area contributed by atoms with E-state index in [0.29, 0.717) is 11.3 Å². The fraction of sp³-hybridized carbons (Fsp3) is 0.133. The molecule has 0 saturated heterocycles. The number of nitriles is 1. The van der Waals surface area contributed by atoms with E-state index in [0.717, 1.165) is 16.6 Å². The van der Waals surface area contributed by atoms with E-state index in [-0.39, 0.29) is 0 Å². The molecule has 2 aromatic carbocycles. The molecule has 0 aliphatic carbocycles. The van der Waals surface area contributed by atoms with E-state index in [1.807, 2.05) is 48.7 Å². The van der Waals surface area contributed by atoms with Gasteiger partial charge in [0, 0.05) is 10.2 Å². The fourth-order valence-electron chi connectivity index (χ4n) is 1.61. The third kappa shape index (κ3) is 3.52. The van der Waals surface area contributed by atoms with E-state index >= 15 is 0 Å². The molecular formula is C15H12BrNOS. The Morgan fingerprint density at radius 1 is 1.21 bits per heavy atom. The van der Waals surface area contributed by atoms with Crippen LogP contribution in [0.2, 0.25) is 0 Å². The van der Waals surface area contributed by atoms with Crippen LogP contribution in [0.15, 0.2) is 47.4 Å². The van der Waals surface area contributed by atoms with Crippen LogP contribution in [-0.4, -0.2) is 6.26 Å². The summed E-state index contributed by atoms with van der Waals surface area (Å²) in [6.07, 6.45) is 2.03. The summed E-state index contributed by atoms with van der Waals surface area (Å²) in [6.45, 7) is 0. The van der Waals surface area contributed by atoms with Gasteiger partial charge in [-0.1, -0.05) is 22.0 Å². The van der Waals surface area contributed by atoms with Gasteiger partial charge in [0.05, 0.1) is 5.56 Å². The van der Waals surface area contributed by atoms with Crippen LogP contribution in [0, 0.1) is 11.3 Å². The Balaban J connectivity index is 2.25. The maximum absolute atomic E-state index is 9.15. The van der Waals surface area contributed by atoms with E-state index in [4.69, 9.17) is 10.00 Å². The number of thioether (sulfide) groups is 1. The fourth-order valence-corrected chi connectivity index (χ4v) is 2.36. The largest absolute Gasteiger partial charge is 0.456 e. The van der Waals surface area contributed by atoms with Crippen LogP contribution in [0.4, 0.5) is 0 Å². The lowest BCUT2D eigenvalue weighted by Crippen LogP contribution is -1.90. The highest BCUT2D eigenvalue weighted by atomic mass is 79.9. The van der Waals surface area contributed by atoms with E-state index in [1.54, 1.807) is 11.8 Å². The molecule has 0 radical (unpaired) electrons. The first-order valence-corrected chi connectivity index (χ1v) is 8.02. The minimum atomic E-state index is 0.547. The predicted molar refractivity (Wildman–Crippen MR) is 82.1 cm³/mol. The van der Waals surface area contributed by atoms with Crippen LogP contribution in [0.25, 0.3) is 0 Å². The molecule has 0 atom stereocenters. The third-order valence-corrected chi connectivity index (χ3v) is 4.00. The smallest absolute Gasteiger partial charge is 0.145 e. The van der Waals surface area contributed by atoms with Gasteiger partial charge in [0.25, 0.3) is 0 Å². The maximum atomic E-state index is 9.15. The molecule has 0 heterocycles. The molecule has 0 fully saturated rings. The van der Waals surface area contributed by atoms with E-state index in [9.17, 15) is 0 Å². The average molecular weight is 334 g/mol. The molecule has 0 saturated carbocycles. The lowest BCUT2D eigenvalue weighted by molar-refractivity contribution is 0.480. The van der Waals surface area contributed by atoms with Crippen molar-refractivity contribution in [2.24, 2.45) is 0 Å². The molecule has 2 aromatic rings. The summed E-state index contributed by atoms with van der Waals surface area (Å²) in [7, 11) is 0. The highest BCUT2D eigenvalue weighted by Gasteiger charge is 2.06. The average Bonchev–Trinajstić information content (AvgIpc) is 2.48. The normalized spacial score (nSPS) is 9.95. The van der Waals surface area contributed by atoms with E-state index in [2.05, 4.69) is 22.0 Å². The van der Waals surface area contributed by atoms with Gasteiger partial charge in [0.1, 0.15) is 17.6 Å². The highest BCUT2D eigenvalue weighted by molar-refractivity contribution is 9.08. The van der Waals surface area contributed by atoms with Crippen LogP contribution in [-0.2, 0) is 5.33 Å². The number of hydrogen-bond acceptors (Lipinski definition) is 3. The van der Waals surface area contributed by atoms with Gasteiger partial charge in [-0.3, -0.25) is 0 Å². The minimum Gasteiger partial charge on any atom is -0.456 e. The number of benzene rings is 2. The first kappa shape index (κ1) is 14.0. The Bertz CT molecular complexity index is 605. The molecule has 2 nitrogen and oxygen atoms in total. The minimum absolute atomic E-state index is 0.547. The SMILES string of the molecule is CSc1ccc(Oc2ccc(CBr)cc2C#N)cc1. The first-order valence-electron chi connectivity index (χ1n) is 5.67. The molecular weight excluding hydrogens is 322 g/mol. The molecule has 0 aliphatic rings. The molecule has 0 amide bonds. The molecule has 4 heteroatoms. The maximum Gasteiger partial charge on any atom is 0.145 e. The lowest BCUT2D eigenvalue weighted by Gasteiger charge is -2.08. The monoisotopic (exact) mass is 333 g/mol. The van der Waals surface area contributed by atoms with Crippen molar-refractivity contribution in [3.05, 3.63) is 53.6 Å². The quantitative estimate of drug-likeness (QED) is 0.585. The second kappa shape index (κ2) is 6.65. The molecule has 0 aromatic heterocycles.